The number of hydrogen-bond acceptors (Lipinski definition) is 3. The van der Waals surface area contributed by atoms with Crippen molar-refractivity contribution in [1.82, 2.24) is 10.3 Å². The SMILES string of the molecule is COc1cccc(CCCNC(=S)Nc2ccncc2)c1. The highest BCUT2D eigenvalue weighted by Crippen LogP contribution is 2.13. The minimum Gasteiger partial charge on any atom is -0.497 e. The number of aryl methyl sites for hydroxylation is 1. The first-order valence-corrected chi connectivity index (χ1v) is 7.26. The van der Waals surface area contributed by atoms with Gasteiger partial charge in [0.15, 0.2) is 5.11 Å². The highest BCUT2D eigenvalue weighted by atomic mass is 32.1. The summed E-state index contributed by atoms with van der Waals surface area (Å²) >= 11 is 5.24. The molecule has 0 bridgehead atoms. The molecule has 0 aliphatic carbocycles. The molecule has 2 rings (SSSR count). The predicted octanol–water partition coefficient (Wildman–Crippen LogP) is 3.01. The zero-order chi connectivity index (χ0) is 14.9. The van der Waals surface area contributed by atoms with Gasteiger partial charge in [0.2, 0.25) is 0 Å². The maximum absolute atomic E-state index is 5.24. The first-order chi connectivity index (χ1) is 10.3. The third kappa shape index (κ3) is 5.39. The van der Waals surface area contributed by atoms with Gasteiger partial charge in [0.05, 0.1) is 7.11 Å². The van der Waals surface area contributed by atoms with Crippen molar-refractivity contribution in [2.75, 3.05) is 19.0 Å². The summed E-state index contributed by atoms with van der Waals surface area (Å²) in [5.74, 6) is 0.898. The molecule has 0 amide bonds. The Kier molecular flexibility index (Phi) is 5.97. The van der Waals surface area contributed by atoms with Gasteiger partial charge in [-0.3, -0.25) is 4.98 Å². The van der Waals surface area contributed by atoms with Crippen molar-refractivity contribution in [2.45, 2.75) is 12.8 Å². The number of aromatic nitrogens is 1. The third-order valence-corrected chi connectivity index (χ3v) is 3.25. The molecule has 0 unspecified atom stereocenters. The van der Waals surface area contributed by atoms with Gasteiger partial charge in [0, 0.05) is 24.6 Å². The van der Waals surface area contributed by atoms with Gasteiger partial charge in [-0.1, -0.05) is 12.1 Å². The number of rotatable bonds is 6. The monoisotopic (exact) mass is 301 g/mol. The minimum atomic E-state index is 0.631. The van der Waals surface area contributed by atoms with Crippen LogP contribution in [-0.4, -0.2) is 23.8 Å². The molecule has 4 nitrogen and oxygen atoms in total. The molecule has 2 aromatic rings. The summed E-state index contributed by atoms with van der Waals surface area (Å²) < 4.78 is 5.21. The molecular formula is C16H19N3OS. The van der Waals surface area contributed by atoms with E-state index in [1.54, 1.807) is 19.5 Å². The molecule has 2 N–H and O–H groups in total. The molecule has 1 aromatic heterocycles. The van der Waals surface area contributed by atoms with Gasteiger partial charge in [-0.2, -0.15) is 0 Å². The summed E-state index contributed by atoms with van der Waals surface area (Å²) in [5.41, 5.74) is 2.21. The molecule has 0 spiro atoms. The fraction of sp³-hybridized carbons (Fsp3) is 0.250. The van der Waals surface area contributed by atoms with Gasteiger partial charge in [0.25, 0.3) is 0 Å². The fourth-order valence-electron chi connectivity index (χ4n) is 1.93. The number of ether oxygens (including phenoxy) is 1. The van der Waals surface area contributed by atoms with E-state index in [0.29, 0.717) is 5.11 Å². The van der Waals surface area contributed by atoms with E-state index in [-0.39, 0.29) is 0 Å². The smallest absolute Gasteiger partial charge is 0.170 e. The van der Waals surface area contributed by atoms with Gasteiger partial charge in [0.1, 0.15) is 5.75 Å². The van der Waals surface area contributed by atoms with Crippen molar-refractivity contribution < 1.29 is 4.74 Å². The van der Waals surface area contributed by atoms with Crippen LogP contribution >= 0.6 is 12.2 Å². The van der Waals surface area contributed by atoms with Crippen molar-refractivity contribution in [2.24, 2.45) is 0 Å². The molecule has 110 valence electrons. The summed E-state index contributed by atoms with van der Waals surface area (Å²) in [6.45, 7) is 0.828. The van der Waals surface area contributed by atoms with Crippen LogP contribution in [0, 0.1) is 0 Å². The maximum atomic E-state index is 5.24. The van der Waals surface area contributed by atoms with E-state index in [2.05, 4.69) is 27.8 Å². The second-order valence-corrected chi connectivity index (χ2v) is 4.98. The Bertz CT molecular complexity index is 575. The lowest BCUT2D eigenvalue weighted by molar-refractivity contribution is 0.414. The summed E-state index contributed by atoms with van der Waals surface area (Å²) in [7, 11) is 1.68. The first-order valence-electron chi connectivity index (χ1n) is 6.86. The molecule has 0 aliphatic heterocycles. The molecule has 0 atom stereocenters. The molecule has 5 heteroatoms. The fourth-order valence-corrected chi connectivity index (χ4v) is 2.15. The second kappa shape index (κ2) is 8.21. The molecule has 1 heterocycles. The molecule has 0 aliphatic rings. The molecule has 0 fully saturated rings. The van der Waals surface area contributed by atoms with E-state index in [4.69, 9.17) is 17.0 Å². The van der Waals surface area contributed by atoms with Crippen LogP contribution in [0.2, 0.25) is 0 Å². The topological polar surface area (TPSA) is 46.2 Å². The van der Waals surface area contributed by atoms with E-state index >= 15 is 0 Å². The van der Waals surface area contributed by atoms with Gasteiger partial charge < -0.3 is 15.4 Å². The Morgan fingerprint density at radius 2 is 2.05 bits per heavy atom. The van der Waals surface area contributed by atoms with Gasteiger partial charge >= 0.3 is 0 Å². The van der Waals surface area contributed by atoms with Crippen LogP contribution in [0.3, 0.4) is 0 Å². The Hall–Kier alpha value is -2.14. The Morgan fingerprint density at radius 3 is 2.81 bits per heavy atom. The number of nitrogens with zero attached hydrogens (tertiary/aromatic N) is 1. The molecule has 21 heavy (non-hydrogen) atoms. The Balaban J connectivity index is 1.68. The number of nitrogens with one attached hydrogen (secondary N) is 2. The highest BCUT2D eigenvalue weighted by molar-refractivity contribution is 7.80. The Labute approximate surface area is 130 Å². The van der Waals surface area contributed by atoms with Crippen LogP contribution in [0.25, 0.3) is 0 Å². The highest BCUT2D eigenvalue weighted by Gasteiger charge is 1.98. The van der Waals surface area contributed by atoms with Crippen LogP contribution < -0.4 is 15.4 Å². The van der Waals surface area contributed by atoms with E-state index < -0.39 is 0 Å². The van der Waals surface area contributed by atoms with Crippen molar-refractivity contribution in [1.29, 1.82) is 0 Å². The van der Waals surface area contributed by atoms with Crippen molar-refractivity contribution in [3.63, 3.8) is 0 Å². The van der Waals surface area contributed by atoms with Crippen LogP contribution in [0.4, 0.5) is 5.69 Å². The van der Waals surface area contributed by atoms with Gasteiger partial charge in [-0.05, 0) is 54.9 Å². The lowest BCUT2D eigenvalue weighted by Gasteiger charge is -2.10. The van der Waals surface area contributed by atoms with E-state index in [1.807, 2.05) is 24.3 Å². The second-order valence-electron chi connectivity index (χ2n) is 4.57. The van der Waals surface area contributed by atoms with Crippen LogP contribution in [0.1, 0.15) is 12.0 Å². The normalized spacial score (nSPS) is 9.95. The number of pyridine rings is 1. The quantitative estimate of drug-likeness (QED) is 0.634. The van der Waals surface area contributed by atoms with E-state index in [1.165, 1.54) is 5.56 Å². The molecular weight excluding hydrogens is 282 g/mol. The summed E-state index contributed by atoms with van der Waals surface area (Å²) in [4.78, 5) is 3.96. The van der Waals surface area contributed by atoms with E-state index in [9.17, 15) is 0 Å². The molecule has 0 saturated heterocycles. The molecule has 1 aromatic carbocycles. The van der Waals surface area contributed by atoms with Gasteiger partial charge in [-0.25, -0.2) is 0 Å². The number of thiocarbonyl (C=S) groups is 1. The first kappa shape index (κ1) is 15.3. The number of anilines is 1. The minimum absolute atomic E-state index is 0.631. The van der Waals surface area contributed by atoms with Gasteiger partial charge in [-0.15, -0.1) is 0 Å². The lowest BCUT2D eigenvalue weighted by atomic mass is 10.1. The standard InChI is InChI=1S/C16H19N3OS/c1-20-15-6-2-4-13(12-15)5-3-9-18-16(21)19-14-7-10-17-11-8-14/h2,4,6-8,10-12H,3,5,9H2,1H3,(H2,17,18,19,21). The van der Waals surface area contributed by atoms with Crippen molar-refractivity contribution in [3.8, 4) is 5.75 Å². The Morgan fingerprint density at radius 1 is 1.24 bits per heavy atom. The van der Waals surface area contributed by atoms with Crippen LogP contribution in [-0.2, 0) is 6.42 Å². The predicted molar refractivity (Wildman–Crippen MR) is 89.8 cm³/mol. The van der Waals surface area contributed by atoms with Crippen LogP contribution in [0.5, 0.6) is 5.75 Å². The maximum Gasteiger partial charge on any atom is 0.170 e. The summed E-state index contributed by atoms with van der Waals surface area (Å²) in [6.07, 6.45) is 5.45. The van der Waals surface area contributed by atoms with E-state index in [0.717, 1.165) is 30.8 Å². The van der Waals surface area contributed by atoms with Crippen molar-refractivity contribution in [3.05, 3.63) is 54.4 Å². The lowest BCUT2D eigenvalue weighted by Crippen LogP contribution is -2.29. The summed E-state index contributed by atoms with van der Waals surface area (Å²) in [5, 5.41) is 6.95. The van der Waals surface area contributed by atoms with Crippen LogP contribution in [0.15, 0.2) is 48.8 Å². The number of methoxy groups -OCH3 is 1. The van der Waals surface area contributed by atoms with Crippen molar-refractivity contribution >= 4 is 23.0 Å². The number of benzene rings is 1. The zero-order valence-corrected chi connectivity index (χ0v) is 12.8. The molecule has 0 radical (unpaired) electrons. The zero-order valence-electron chi connectivity index (χ0n) is 12.0. The largest absolute Gasteiger partial charge is 0.497 e. The molecule has 0 saturated carbocycles. The summed E-state index contributed by atoms with van der Waals surface area (Å²) in [6, 6.07) is 11.9. The third-order valence-electron chi connectivity index (χ3n) is 3.00. The number of hydrogen-bond donors (Lipinski definition) is 2. The average Bonchev–Trinajstić information content (AvgIpc) is 2.53. The average molecular weight is 301 g/mol.